The van der Waals surface area contributed by atoms with Crippen molar-refractivity contribution in [3.8, 4) is 17.6 Å². The van der Waals surface area contributed by atoms with Crippen molar-refractivity contribution in [2.45, 2.75) is 0 Å². The van der Waals surface area contributed by atoms with E-state index < -0.39 is 17.6 Å². The molecule has 0 aliphatic carbocycles. The van der Waals surface area contributed by atoms with E-state index in [9.17, 15) is 14.0 Å². The second kappa shape index (κ2) is 8.90. The van der Waals surface area contributed by atoms with Crippen molar-refractivity contribution in [2.75, 3.05) is 18.6 Å². The fraction of sp³-hybridized carbons (Fsp3) is 0.100. The van der Waals surface area contributed by atoms with Crippen LogP contribution in [0.2, 0.25) is 5.02 Å². The number of nitrogens with zero attached hydrogens (tertiary/aromatic N) is 2. The highest BCUT2D eigenvalue weighted by molar-refractivity contribution is 7.80. The fourth-order valence-electron chi connectivity index (χ4n) is 2.74. The number of ether oxygens (including phenoxy) is 2. The number of thiocarbonyl (C=S) groups is 1. The number of para-hydroxylation sites is 1. The normalized spacial score (nSPS) is 15.1. The first-order valence-corrected chi connectivity index (χ1v) is 9.19. The highest BCUT2D eigenvalue weighted by atomic mass is 35.5. The summed E-state index contributed by atoms with van der Waals surface area (Å²) in [6.45, 7) is -0.244. The van der Waals surface area contributed by atoms with Gasteiger partial charge in [0.1, 0.15) is 17.5 Å². The van der Waals surface area contributed by atoms with E-state index in [2.05, 4.69) is 5.32 Å². The number of anilines is 1. The zero-order chi connectivity index (χ0) is 21.8. The Morgan fingerprint density at radius 1 is 1.33 bits per heavy atom. The Morgan fingerprint density at radius 2 is 2.07 bits per heavy atom. The summed E-state index contributed by atoms with van der Waals surface area (Å²) in [6.07, 6.45) is 1.27. The minimum absolute atomic E-state index is 0.0886. The number of nitrogens with one attached hydrogen (secondary N) is 1. The van der Waals surface area contributed by atoms with Crippen molar-refractivity contribution >= 4 is 52.5 Å². The average Bonchev–Trinajstić information content (AvgIpc) is 2.71. The number of carbonyl (C=O) groups excluding carboxylic acids is 2. The third-order valence-electron chi connectivity index (χ3n) is 4.04. The molecule has 0 spiro atoms. The smallest absolute Gasteiger partial charge is 0.270 e. The Hall–Kier alpha value is -3.48. The van der Waals surface area contributed by atoms with Crippen molar-refractivity contribution in [2.24, 2.45) is 0 Å². The largest absolute Gasteiger partial charge is 0.493 e. The molecule has 0 aromatic heterocycles. The molecule has 7 nitrogen and oxygen atoms in total. The van der Waals surface area contributed by atoms with E-state index >= 15 is 0 Å². The van der Waals surface area contributed by atoms with Crippen LogP contribution in [0.4, 0.5) is 10.1 Å². The summed E-state index contributed by atoms with van der Waals surface area (Å²) < 4.78 is 24.7. The van der Waals surface area contributed by atoms with Gasteiger partial charge < -0.3 is 9.47 Å². The maximum atomic E-state index is 14.2. The lowest BCUT2D eigenvalue weighted by atomic mass is 10.1. The van der Waals surface area contributed by atoms with Crippen LogP contribution in [0.1, 0.15) is 5.56 Å². The molecule has 0 atom stereocenters. The van der Waals surface area contributed by atoms with Crippen molar-refractivity contribution in [1.29, 1.82) is 5.26 Å². The first-order chi connectivity index (χ1) is 14.4. The van der Waals surface area contributed by atoms with Crippen LogP contribution in [-0.4, -0.2) is 30.6 Å². The van der Waals surface area contributed by atoms with Gasteiger partial charge >= 0.3 is 0 Å². The molecule has 0 unspecified atom stereocenters. The van der Waals surface area contributed by atoms with Crippen LogP contribution in [0, 0.1) is 17.1 Å². The summed E-state index contributed by atoms with van der Waals surface area (Å²) in [5.41, 5.74) is -0.0223. The number of benzene rings is 2. The van der Waals surface area contributed by atoms with E-state index in [4.69, 9.17) is 38.6 Å². The van der Waals surface area contributed by atoms with Gasteiger partial charge in [0.25, 0.3) is 11.8 Å². The molecule has 1 heterocycles. The number of halogens is 2. The van der Waals surface area contributed by atoms with Gasteiger partial charge in [-0.25, -0.2) is 9.29 Å². The number of hydrogen-bond acceptors (Lipinski definition) is 6. The highest BCUT2D eigenvalue weighted by Gasteiger charge is 2.35. The molecule has 2 aromatic rings. The predicted molar refractivity (Wildman–Crippen MR) is 112 cm³/mol. The van der Waals surface area contributed by atoms with E-state index in [-0.39, 0.29) is 39.5 Å². The molecule has 2 aromatic carbocycles. The first kappa shape index (κ1) is 21.2. The van der Waals surface area contributed by atoms with Gasteiger partial charge in [-0.2, -0.15) is 5.26 Å². The van der Waals surface area contributed by atoms with Gasteiger partial charge in [-0.15, -0.1) is 0 Å². The molecule has 152 valence electrons. The topological polar surface area (TPSA) is 91.7 Å². The Bertz CT molecular complexity index is 1130. The van der Waals surface area contributed by atoms with Crippen molar-refractivity contribution in [1.82, 2.24) is 5.32 Å². The maximum absolute atomic E-state index is 14.2. The van der Waals surface area contributed by atoms with Crippen LogP contribution in [0.5, 0.6) is 11.5 Å². The lowest BCUT2D eigenvalue weighted by molar-refractivity contribution is -0.122. The Morgan fingerprint density at radius 3 is 2.73 bits per heavy atom. The standard InChI is InChI=1S/C20H13ClFN3O4S/c1-28-16-10-11(9-13(21)17(16)29-7-6-23)8-12-18(26)24-20(30)25(19(12)27)15-5-3-2-4-14(15)22/h2-5,8-10H,7H2,1H3,(H,24,26,30)/b12-8+. The van der Waals surface area contributed by atoms with E-state index in [1.54, 1.807) is 6.07 Å². The molecule has 3 rings (SSSR count). The fourth-order valence-corrected chi connectivity index (χ4v) is 3.29. The molecule has 30 heavy (non-hydrogen) atoms. The number of methoxy groups -OCH3 is 1. The summed E-state index contributed by atoms with van der Waals surface area (Å²) in [5, 5.41) is 10.9. The van der Waals surface area contributed by atoms with Crippen LogP contribution >= 0.6 is 23.8 Å². The zero-order valence-corrected chi connectivity index (χ0v) is 17.0. The van der Waals surface area contributed by atoms with Gasteiger partial charge in [0.05, 0.1) is 17.8 Å². The molecule has 1 aliphatic heterocycles. The van der Waals surface area contributed by atoms with Crippen molar-refractivity contribution in [3.05, 3.63) is 58.4 Å². The molecule has 1 saturated heterocycles. The van der Waals surface area contributed by atoms with Crippen molar-refractivity contribution in [3.63, 3.8) is 0 Å². The molecule has 1 N–H and O–H groups in total. The molecular formula is C20H13ClFN3O4S. The molecule has 0 saturated carbocycles. The SMILES string of the molecule is COc1cc(/C=C2\C(=O)NC(=S)N(c3ccccc3F)C2=O)cc(Cl)c1OCC#N. The Labute approximate surface area is 181 Å². The second-order valence-electron chi connectivity index (χ2n) is 5.89. The third kappa shape index (κ3) is 4.10. The lowest BCUT2D eigenvalue weighted by Crippen LogP contribution is -2.54. The number of amides is 2. The van der Waals surface area contributed by atoms with Crippen LogP contribution in [0.15, 0.2) is 42.0 Å². The van der Waals surface area contributed by atoms with Gasteiger partial charge in [0.2, 0.25) is 0 Å². The molecular weight excluding hydrogens is 433 g/mol. The predicted octanol–water partition coefficient (Wildman–Crippen LogP) is 3.22. The van der Waals surface area contributed by atoms with Gasteiger partial charge in [-0.05, 0) is 48.1 Å². The van der Waals surface area contributed by atoms with E-state index in [1.807, 2.05) is 6.07 Å². The quantitative estimate of drug-likeness (QED) is 0.431. The number of carbonyl (C=O) groups is 2. The van der Waals surface area contributed by atoms with Crippen molar-refractivity contribution < 1.29 is 23.5 Å². The lowest BCUT2D eigenvalue weighted by Gasteiger charge is -2.29. The molecule has 1 fully saturated rings. The van der Waals surface area contributed by atoms with E-state index in [0.717, 1.165) is 4.90 Å². The van der Waals surface area contributed by atoms with Gasteiger partial charge in [0.15, 0.2) is 23.2 Å². The average molecular weight is 446 g/mol. The first-order valence-electron chi connectivity index (χ1n) is 8.40. The summed E-state index contributed by atoms with van der Waals surface area (Å²) in [6, 6.07) is 10.3. The number of hydrogen-bond donors (Lipinski definition) is 1. The summed E-state index contributed by atoms with van der Waals surface area (Å²) in [4.78, 5) is 26.3. The number of nitriles is 1. The minimum atomic E-state index is -0.797. The van der Waals surface area contributed by atoms with Crippen LogP contribution in [0.3, 0.4) is 0 Å². The van der Waals surface area contributed by atoms with Gasteiger partial charge in [-0.1, -0.05) is 23.7 Å². The molecule has 0 radical (unpaired) electrons. The summed E-state index contributed by atoms with van der Waals surface area (Å²) in [7, 11) is 1.37. The zero-order valence-electron chi connectivity index (χ0n) is 15.4. The highest BCUT2D eigenvalue weighted by Crippen LogP contribution is 2.37. The van der Waals surface area contributed by atoms with Gasteiger partial charge in [-0.3, -0.25) is 14.9 Å². The molecule has 0 bridgehead atoms. The minimum Gasteiger partial charge on any atom is -0.493 e. The summed E-state index contributed by atoms with van der Waals surface area (Å²) >= 11 is 11.3. The third-order valence-corrected chi connectivity index (χ3v) is 4.60. The monoisotopic (exact) mass is 445 g/mol. The molecule has 2 amide bonds. The number of rotatable bonds is 5. The Kier molecular flexibility index (Phi) is 6.30. The second-order valence-corrected chi connectivity index (χ2v) is 6.68. The molecule has 1 aliphatic rings. The maximum Gasteiger partial charge on any atom is 0.270 e. The van der Waals surface area contributed by atoms with Crippen LogP contribution in [-0.2, 0) is 9.59 Å². The van der Waals surface area contributed by atoms with E-state index in [0.29, 0.717) is 5.56 Å². The van der Waals surface area contributed by atoms with Crippen LogP contribution < -0.4 is 19.7 Å². The molecule has 10 heteroatoms. The van der Waals surface area contributed by atoms with E-state index in [1.165, 1.54) is 43.5 Å². The Balaban J connectivity index is 2.04. The van der Waals surface area contributed by atoms with Gasteiger partial charge in [0, 0.05) is 0 Å². The summed E-state index contributed by atoms with van der Waals surface area (Å²) in [5.74, 6) is -1.86. The van der Waals surface area contributed by atoms with Crippen LogP contribution in [0.25, 0.3) is 6.08 Å².